The molecule has 0 aromatic heterocycles. The van der Waals surface area contributed by atoms with Crippen molar-refractivity contribution < 1.29 is 4.79 Å². The molecule has 0 aliphatic carbocycles. The van der Waals surface area contributed by atoms with Crippen LogP contribution < -0.4 is 5.73 Å². The Morgan fingerprint density at radius 3 is 1.57 bits per heavy atom. The Balaban J connectivity index is 2.23. The Kier molecular flexibility index (Phi) is 4.96. The number of amides is 1. The zero-order chi connectivity index (χ0) is 15.1. The summed E-state index contributed by atoms with van der Waals surface area (Å²) in [5.41, 5.74) is 7.34. The molecule has 2 rings (SSSR count). The van der Waals surface area contributed by atoms with E-state index in [0.717, 1.165) is 11.1 Å². The van der Waals surface area contributed by atoms with Crippen LogP contribution in [-0.2, 0) is 4.79 Å². The molecule has 2 N–H and O–H groups in total. The van der Waals surface area contributed by atoms with Gasteiger partial charge in [-0.2, -0.15) is 0 Å². The van der Waals surface area contributed by atoms with E-state index in [0.29, 0.717) is 0 Å². The third-order valence-electron chi connectivity index (χ3n) is 3.01. The third-order valence-corrected chi connectivity index (χ3v) is 3.45. The van der Waals surface area contributed by atoms with E-state index in [1.807, 2.05) is 60.7 Å². The van der Waals surface area contributed by atoms with Crippen LogP contribution in [0.1, 0.15) is 11.1 Å². The Labute approximate surface area is 129 Å². The van der Waals surface area contributed by atoms with Gasteiger partial charge in [0.15, 0.2) is 4.87 Å². The lowest BCUT2D eigenvalue weighted by molar-refractivity contribution is -0.118. The highest BCUT2D eigenvalue weighted by molar-refractivity contribution is 6.38. The summed E-state index contributed by atoms with van der Waals surface area (Å²) in [6.45, 7) is 0. The summed E-state index contributed by atoms with van der Waals surface area (Å²) in [6.07, 6.45) is 6.78. The maximum atomic E-state index is 11.7. The lowest BCUT2D eigenvalue weighted by Gasteiger charge is -2.14. The molecule has 0 aliphatic rings. The standard InChI is InChI=1S/C18H16ClNO/c19-18(17(20)21,13-11-15-7-3-1-4-8-15)14-12-16-9-5-2-6-10-16/h1-14H,(H2,20,21). The SMILES string of the molecule is NC(=O)C(Cl)(C=Cc1ccccc1)C=Cc1ccccc1. The smallest absolute Gasteiger partial charge is 0.246 e. The normalized spacial score (nSPS) is 14.3. The van der Waals surface area contributed by atoms with E-state index in [9.17, 15) is 4.79 Å². The molecule has 0 spiro atoms. The second kappa shape index (κ2) is 6.91. The van der Waals surface area contributed by atoms with Gasteiger partial charge < -0.3 is 5.73 Å². The quantitative estimate of drug-likeness (QED) is 0.836. The number of hydrogen-bond donors (Lipinski definition) is 1. The molecular formula is C18H16ClNO. The van der Waals surface area contributed by atoms with Gasteiger partial charge in [-0.05, 0) is 23.3 Å². The molecule has 21 heavy (non-hydrogen) atoms. The molecule has 106 valence electrons. The number of rotatable bonds is 5. The first-order chi connectivity index (χ1) is 10.1. The van der Waals surface area contributed by atoms with Crippen LogP contribution in [-0.4, -0.2) is 10.8 Å². The predicted octanol–water partition coefficient (Wildman–Crippen LogP) is 3.88. The molecule has 0 unspecified atom stereocenters. The fraction of sp³-hybridized carbons (Fsp3) is 0.0556. The molecule has 0 saturated heterocycles. The number of carbonyl (C=O) groups is 1. The van der Waals surface area contributed by atoms with Crippen molar-refractivity contribution in [2.75, 3.05) is 0 Å². The van der Waals surface area contributed by atoms with E-state index in [2.05, 4.69) is 0 Å². The molecule has 3 heteroatoms. The first-order valence-electron chi connectivity index (χ1n) is 6.57. The van der Waals surface area contributed by atoms with E-state index in [4.69, 9.17) is 17.3 Å². The second-order valence-corrected chi connectivity index (χ2v) is 5.25. The topological polar surface area (TPSA) is 43.1 Å². The van der Waals surface area contributed by atoms with Crippen LogP contribution in [0.3, 0.4) is 0 Å². The highest BCUT2D eigenvalue weighted by atomic mass is 35.5. The first kappa shape index (κ1) is 15.1. The second-order valence-electron chi connectivity index (χ2n) is 4.62. The Morgan fingerprint density at radius 2 is 1.24 bits per heavy atom. The van der Waals surface area contributed by atoms with Gasteiger partial charge in [-0.3, -0.25) is 4.79 Å². The van der Waals surface area contributed by atoms with Crippen molar-refractivity contribution in [3.8, 4) is 0 Å². The Morgan fingerprint density at radius 1 is 0.857 bits per heavy atom. The molecule has 0 bridgehead atoms. The summed E-state index contributed by atoms with van der Waals surface area (Å²) in [5.74, 6) is -0.608. The largest absolute Gasteiger partial charge is 0.368 e. The van der Waals surface area contributed by atoms with Crippen molar-refractivity contribution in [1.82, 2.24) is 0 Å². The van der Waals surface area contributed by atoms with Gasteiger partial charge in [0.25, 0.3) is 0 Å². The Hall–Kier alpha value is -2.32. The van der Waals surface area contributed by atoms with Gasteiger partial charge in [0.2, 0.25) is 5.91 Å². The van der Waals surface area contributed by atoms with Gasteiger partial charge in [-0.1, -0.05) is 84.4 Å². The van der Waals surface area contributed by atoms with Crippen LogP contribution >= 0.6 is 11.6 Å². The minimum atomic E-state index is -1.34. The number of alkyl halides is 1. The molecule has 0 fully saturated rings. The Bertz CT molecular complexity index is 598. The molecule has 0 aliphatic heterocycles. The number of benzene rings is 2. The highest BCUT2D eigenvalue weighted by Crippen LogP contribution is 2.22. The molecule has 2 aromatic carbocycles. The van der Waals surface area contributed by atoms with Gasteiger partial charge in [0.05, 0.1) is 0 Å². The van der Waals surface area contributed by atoms with Gasteiger partial charge in [0, 0.05) is 0 Å². The molecule has 0 radical (unpaired) electrons. The van der Waals surface area contributed by atoms with E-state index in [-0.39, 0.29) is 0 Å². The van der Waals surface area contributed by atoms with Crippen LogP contribution in [0.2, 0.25) is 0 Å². The van der Waals surface area contributed by atoms with Crippen molar-refractivity contribution in [3.05, 3.63) is 83.9 Å². The number of hydrogen-bond acceptors (Lipinski definition) is 1. The summed E-state index contributed by atoms with van der Waals surface area (Å²) in [4.78, 5) is 10.3. The van der Waals surface area contributed by atoms with Crippen LogP contribution in [0.15, 0.2) is 72.8 Å². The monoisotopic (exact) mass is 297 g/mol. The minimum Gasteiger partial charge on any atom is -0.368 e. The van der Waals surface area contributed by atoms with Crippen molar-refractivity contribution in [3.63, 3.8) is 0 Å². The van der Waals surface area contributed by atoms with Crippen molar-refractivity contribution in [2.24, 2.45) is 5.73 Å². The van der Waals surface area contributed by atoms with Gasteiger partial charge >= 0.3 is 0 Å². The van der Waals surface area contributed by atoms with Gasteiger partial charge in [-0.25, -0.2) is 0 Å². The van der Waals surface area contributed by atoms with Crippen molar-refractivity contribution in [1.29, 1.82) is 0 Å². The molecule has 1 amide bonds. The zero-order valence-corrected chi connectivity index (χ0v) is 12.2. The average molecular weight is 298 g/mol. The molecule has 2 nitrogen and oxygen atoms in total. The minimum absolute atomic E-state index is 0.608. The third kappa shape index (κ3) is 4.33. The summed E-state index contributed by atoms with van der Waals surface area (Å²) >= 11 is 6.33. The van der Waals surface area contributed by atoms with Crippen LogP contribution in [0.4, 0.5) is 0 Å². The van der Waals surface area contributed by atoms with Crippen molar-refractivity contribution in [2.45, 2.75) is 4.87 Å². The predicted molar refractivity (Wildman–Crippen MR) is 88.7 cm³/mol. The zero-order valence-electron chi connectivity index (χ0n) is 11.4. The average Bonchev–Trinajstić information content (AvgIpc) is 2.53. The van der Waals surface area contributed by atoms with Crippen LogP contribution in [0.25, 0.3) is 12.2 Å². The molecule has 2 aromatic rings. The summed E-state index contributed by atoms with van der Waals surface area (Å²) in [6, 6.07) is 19.2. The van der Waals surface area contributed by atoms with E-state index < -0.39 is 10.8 Å². The molecule has 0 saturated carbocycles. The number of primary amides is 1. The number of halogens is 1. The van der Waals surface area contributed by atoms with Crippen LogP contribution in [0.5, 0.6) is 0 Å². The molecule has 0 atom stereocenters. The molecular weight excluding hydrogens is 282 g/mol. The van der Waals surface area contributed by atoms with Gasteiger partial charge in [0.1, 0.15) is 0 Å². The fourth-order valence-electron chi connectivity index (χ4n) is 1.78. The summed E-state index contributed by atoms with van der Waals surface area (Å²) in [5, 5.41) is 0. The lowest BCUT2D eigenvalue weighted by atomic mass is 10.0. The van der Waals surface area contributed by atoms with Gasteiger partial charge in [-0.15, -0.1) is 0 Å². The van der Waals surface area contributed by atoms with Crippen molar-refractivity contribution >= 4 is 29.7 Å². The molecule has 0 heterocycles. The highest BCUT2D eigenvalue weighted by Gasteiger charge is 2.27. The summed E-state index contributed by atoms with van der Waals surface area (Å²) in [7, 11) is 0. The van der Waals surface area contributed by atoms with E-state index in [1.54, 1.807) is 24.3 Å². The van der Waals surface area contributed by atoms with E-state index in [1.165, 1.54) is 0 Å². The lowest BCUT2D eigenvalue weighted by Crippen LogP contribution is -2.34. The van der Waals surface area contributed by atoms with E-state index >= 15 is 0 Å². The maximum Gasteiger partial charge on any atom is 0.246 e. The number of carbonyl (C=O) groups excluding carboxylic acids is 1. The summed E-state index contributed by atoms with van der Waals surface area (Å²) < 4.78 is 0. The maximum absolute atomic E-state index is 11.7. The number of nitrogens with two attached hydrogens (primary N) is 1. The fourth-order valence-corrected chi connectivity index (χ4v) is 1.91. The first-order valence-corrected chi connectivity index (χ1v) is 6.95. The van der Waals surface area contributed by atoms with Crippen LogP contribution in [0, 0.1) is 0 Å².